The van der Waals surface area contributed by atoms with Gasteiger partial charge in [0, 0.05) is 28.6 Å². The molecule has 0 aliphatic heterocycles. The van der Waals surface area contributed by atoms with Crippen molar-refractivity contribution in [2.45, 2.75) is 6.54 Å². The number of benzene rings is 3. The molecular formula is C22H14ClF2N5. The Balaban J connectivity index is 1.63. The highest BCUT2D eigenvalue weighted by Crippen LogP contribution is 2.29. The Kier molecular flexibility index (Phi) is 4.52. The van der Waals surface area contributed by atoms with E-state index in [4.69, 9.17) is 16.6 Å². The van der Waals surface area contributed by atoms with Crippen molar-refractivity contribution in [3.63, 3.8) is 0 Å². The highest BCUT2D eigenvalue weighted by atomic mass is 35.5. The molecule has 0 fully saturated rings. The Bertz CT molecular complexity index is 1380. The lowest BCUT2D eigenvalue weighted by atomic mass is 10.1. The Labute approximate surface area is 174 Å². The highest BCUT2D eigenvalue weighted by molar-refractivity contribution is 6.30. The second-order valence-electron chi connectivity index (χ2n) is 6.79. The number of hydrogen-bond donors (Lipinski definition) is 1. The maximum absolute atomic E-state index is 13.5. The maximum atomic E-state index is 13.5. The predicted octanol–water partition coefficient (Wildman–Crippen LogP) is 5.49. The van der Waals surface area contributed by atoms with Crippen molar-refractivity contribution < 1.29 is 8.78 Å². The van der Waals surface area contributed by atoms with E-state index >= 15 is 0 Å². The van der Waals surface area contributed by atoms with Crippen LogP contribution in [-0.2, 0) is 6.54 Å². The molecule has 2 heterocycles. The van der Waals surface area contributed by atoms with Gasteiger partial charge in [0.1, 0.15) is 23.1 Å². The molecule has 0 saturated heterocycles. The van der Waals surface area contributed by atoms with Crippen molar-refractivity contribution in [2.24, 2.45) is 0 Å². The van der Waals surface area contributed by atoms with Crippen LogP contribution in [-0.4, -0.2) is 19.8 Å². The fraction of sp³-hybridized carbons (Fsp3) is 0.0455. The molecule has 0 radical (unpaired) electrons. The first-order valence-electron chi connectivity index (χ1n) is 9.17. The number of aromatic nitrogens is 4. The first kappa shape index (κ1) is 18.4. The van der Waals surface area contributed by atoms with E-state index in [0.717, 1.165) is 22.5 Å². The largest absolute Gasteiger partial charge is 0.365 e. The molecule has 5 aromatic rings. The lowest BCUT2D eigenvalue weighted by Gasteiger charge is -2.11. The summed E-state index contributed by atoms with van der Waals surface area (Å²) in [6, 6.07) is 18.3. The Morgan fingerprint density at radius 2 is 1.73 bits per heavy atom. The van der Waals surface area contributed by atoms with Crippen molar-refractivity contribution in [3.8, 4) is 11.3 Å². The highest BCUT2D eigenvalue weighted by Gasteiger charge is 2.16. The van der Waals surface area contributed by atoms with Gasteiger partial charge in [-0.15, -0.1) is 5.10 Å². The van der Waals surface area contributed by atoms with Crippen LogP contribution in [0.5, 0.6) is 0 Å². The van der Waals surface area contributed by atoms with Crippen LogP contribution in [0.3, 0.4) is 0 Å². The number of hydrogen-bond acceptors (Lipinski definition) is 4. The topological polar surface area (TPSA) is 55.1 Å². The molecule has 148 valence electrons. The molecule has 0 amide bonds. The van der Waals surface area contributed by atoms with Crippen molar-refractivity contribution in [3.05, 3.63) is 89.0 Å². The monoisotopic (exact) mass is 421 g/mol. The first-order valence-corrected chi connectivity index (χ1v) is 9.55. The first-order chi connectivity index (χ1) is 14.6. The molecule has 0 bridgehead atoms. The Morgan fingerprint density at radius 3 is 2.53 bits per heavy atom. The molecule has 0 saturated carbocycles. The smallest absolute Gasteiger partial charge is 0.186 e. The zero-order chi connectivity index (χ0) is 20.7. The molecule has 2 aromatic heterocycles. The van der Waals surface area contributed by atoms with Crippen molar-refractivity contribution in [2.75, 3.05) is 5.32 Å². The third-order valence-corrected chi connectivity index (χ3v) is 4.97. The maximum Gasteiger partial charge on any atom is 0.186 e. The summed E-state index contributed by atoms with van der Waals surface area (Å²) in [5.41, 5.74) is 3.20. The van der Waals surface area contributed by atoms with Crippen molar-refractivity contribution in [1.82, 2.24) is 19.8 Å². The summed E-state index contributed by atoms with van der Waals surface area (Å²) in [4.78, 5) is 4.73. The van der Waals surface area contributed by atoms with E-state index in [1.807, 2.05) is 36.4 Å². The lowest BCUT2D eigenvalue weighted by Crippen LogP contribution is -2.05. The summed E-state index contributed by atoms with van der Waals surface area (Å²) in [6.45, 7) is 0.204. The van der Waals surface area contributed by atoms with Gasteiger partial charge in [-0.25, -0.2) is 13.8 Å². The molecule has 0 aliphatic carbocycles. The molecule has 0 unspecified atom stereocenters. The number of nitrogens with one attached hydrogen (secondary N) is 1. The summed E-state index contributed by atoms with van der Waals surface area (Å²) in [7, 11) is 0. The SMILES string of the molecule is Fc1cc(F)cc(CNc2nc3c(-c4cccc(Cl)c4)nnn3c3ccccc23)c1. The van der Waals surface area contributed by atoms with Crippen LogP contribution >= 0.6 is 11.6 Å². The second-order valence-corrected chi connectivity index (χ2v) is 7.23. The summed E-state index contributed by atoms with van der Waals surface area (Å²) < 4.78 is 28.7. The van der Waals surface area contributed by atoms with Gasteiger partial charge in [0.2, 0.25) is 0 Å². The molecular weight excluding hydrogens is 408 g/mol. The van der Waals surface area contributed by atoms with Crippen LogP contribution in [0.4, 0.5) is 14.6 Å². The quantitative estimate of drug-likeness (QED) is 0.417. The number of para-hydroxylation sites is 1. The zero-order valence-electron chi connectivity index (χ0n) is 15.5. The fourth-order valence-electron chi connectivity index (χ4n) is 3.42. The average Bonchev–Trinajstić information content (AvgIpc) is 3.15. The summed E-state index contributed by atoms with van der Waals surface area (Å²) in [6.07, 6.45) is 0. The van der Waals surface area contributed by atoms with Gasteiger partial charge in [0.25, 0.3) is 0 Å². The van der Waals surface area contributed by atoms with Crippen molar-refractivity contribution in [1.29, 1.82) is 0 Å². The molecule has 0 aliphatic rings. The normalized spacial score (nSPS) is 11.3. The minimum Gasteiger partial charge on any atom is -0.365 e. The molecule has 1 N–H and O–H groups in total. The predicted molar refractivity (Wildman–Crippen MR) is 112 cm³/mol. The number of nitrogens with zero attached hydrogens (tertiary/aromatic N) is 4. The van der Waals surface area contributed by atoms with E-state index in [1.54, 1.807) is 16.6 Å². The number of anilines is 1. The van der Waals surface area contributed by atoms with Crippen LogP contribution < -0.4 is 5.32 Å². The van der Waals surface area contributed by atoms with Gasteiger partial charge in [-0.2, -0.15) is 4.52 Å². The van der Waals surface area contributed by atoms with Gasteiger partial charge in [-0.1, -0.05) is 41.1 Å². The van der Waals surface area contributed by atoms with Gasteiger partial charge in [0.15, 0.2) is 5.65 Å². The number of fused-ring (bicyclic) bond motifs is 3. The van der Waals surface area contributed by atoms with Gasteiger partial charge >= 0.3 is 0 Å². The lowest BCUT2D eigenvalue weighted by molar-refractivity contribution is 0.580. The molecule has 30 heavy (non-hydrogen) atoms. The fourth-order valence-corrected chi connectivity index (χ4v) is 3.61. The van der Waals surface area contributed by atoms with Gasteiger partial charge in [-0.3, -0.25) is 0 Å². The number of halogens is 3. The number of rotatable bonds is 4. The van der Waals surface area contributed by atoms with E-state index in [9.17, 15) is 8.78 Å². The van der Waals surface area contributed by atoms with Gasteiger partial charge in [0.05, 0.1) is 5.52 Å². The van der Waals surface area contributed by atoms with Crippen molar-refractivity contribution >= 4 is 34.0 Å². The average molecular weight is 422 g/mol. The summed E-state index contributed by atoms with van der Waals surface area (Å²) in [5, 5.41) is 13.2. The molecule has 0 spiro atoms. The minimum absolute atomic E-state index is 0.204. The van der Waals surface area contributed by atoms with E-state index in [-0.39, 0.29) is 6.54 Å². The van der Waals surface area contributed by atoms with Crippen LogP contribution in [0, 0.1) is 11.6 Å². The zero-order valence-corrected chi connectivity index (χ0v) is 16.2. The third kappa shape index (κ3) is 3.33. The summed E-state index contributed by atoms with van der Waals surface area (Å²) >= 11 is 6.13. The third-order valence-electron chi connectivity index (χ3n) is 4.73. The van der Waals surface area contributed by atoms with E-state index in [1.165, 1.54) is 12.1 Å². The molecule has 0 atom stereocenters. The van der Waals surface area contributed by atoms with Crippen LogP contribution in [0.25, 0.3) is 27.8 Å². The van der Waals surface area contributed by atoms with E-state index in [0.29, 0.717) is 27.7 Å². The van der Waals surface area contributed by atoms with Gasteiger partial charge < -0.3 is 5.32 Å². The van der Waals surface area contributed by atoms with E-state index < -0.39 is 11.6 Å². The second kappa shape index (κ2) is 7.35. The van der Waals surface area contributed by atoms with Gasteiger partial charge in [-0.05, 0) is 42.0 Å². The van der Waals surface area contributed by atoms with Crippen LogP contribution in [0.15, 0.2) is 66.7 Å². The molecule has 3 aromatic carbocycles. The standard InChI is InChI=1S/C22H14ClF2N5/c23-15-5-3-4-14(10-15)20-22-27-21(26-12-13-8-16(24)11-17(25)9-13)18-6-1-2-7-19(18)30(22)29-28-20/h1-11H,12H2,(H,26,27). The van der Waals surface area contributed by atoms with Crippen LogP contribution in [0.1, 0.15) is 5.56 Å². The molecule has 5 nitrogen and oxygen atoms in total. The summed E-state index contributed by atoms with van der Waals surface area (Å²) in [5.74, 6) is -0.681. The van der Waals surface area contributed by atoms with Crippen LogP contribution in [0.2, 0.25) is 5.02 Å². The Hall–Kier alpha value is -3.58. The molecule has 8 heteroatoms. The van der Waals surface area contributed by atoms with E-state index in [2.05, 4.69) is 15.6 Å². The Morgan fingerprint density at radius 1 is 0.933 bits per heavy atom. The minimum atomic E-state index is -0.622. The molecule has 5 rings (SSSR count).